The molecule has 1 unspecified atom stereocenters. The molecule has 0 radical (unpaired) electrons. The average Bonchev–Trinajstić information content (AvgIpc) is 2.84. The molecule has 3 rings (SSSR count). The highest BCUT2D eigenvalue weighted by Gasteiger charge is 2.42. The number of hydrogen-bond acceptors (Lipinski definition) is 5. The zero-order chi connectivity index (χ0) is 14.9. The predicted octanol–water partition coefficient (Wildman–Crippen LogP) is 2.54. The van der Waals surface area contributed by atoms with Crippen molar-refractivity contribution in [3.05, 3.63) is 33.3 Å². The maximum atomic E-state index is 11.1. The molecular formula is C14H17ClN2O4. The SMILES string of the molecule is O=[N+]([O-])c1cccc(Cl)c1OC1COC2(CCNCC2)C1. The van der Waals surface area contributed by atoms with Gasteiger partial charge in [-0.1, -0.05) is 17.7 Å². The molecule has 7 heteroatoms. The zero-order valence-corrected chi connectivity index (χ0v) is 12.3. The van der Waals surface area contributed by atoms with E-state index in [4.69, 9.17) is 21.1 Å². The molecule has 0 aromatic heterocycles. The number of halogens is 1. The highest BCUT2D eigenvalue weighted by molar-refractivity contribution is 6.32. The smallest absolute Gasteiger partial charge is 0.312 e. The van der Waals surface area contributed by atoms with Crippen molar-refractivity contribution in [2.75, 3.05) is 19.7 Å². The third-order valence-electron chi connectivity index (χ3n) is 4.12. The summed E-state index contributed by atoms with van der Waals surface area (Å²) < 4.78 is 11.7. The van der Waals surface area contributed by atoms with Crippen LogP contribution in [0.25, 0.3) is 0 Å². The van der Waals surface area contributed by atoms with E-state index in [2.05, 4.69) is 5.32 Å². The molecular weight excluding hydrogens is 296 g/mol. The summed E-state index contributed by atoms with van der Waals surface area (Å²) in [4.78, 5) is 10.6. The minimum atomic E-state index is -0.475. The second-order valence-electron chi connectivity index (χ2n) is 5.53. The van der Waals surface area contributed by atoms with Crippen LogP contribution in [0.2, 0.25) is 5.02 Å². The summed E-state index contributed by atoms with van der Waals surface area (Å²) in [5.41, 5.74) is -0.250. The lowest BCUT2D eigenvalue weighted by Gasteiger charge is -2.32. The summed E-state index contributed by atoms with van der Waals surface area (Å²) in [6.07, 6.45) is 2.44. The van der Waals surface area contributed by atoms with Crippen LogP contribution in [0.1, 0.15) is 19.3 Å². The number of nitro groups is 1. The Labute approximate surface area is 127 Å². The monoisotopic (exact) mass is 312 g/mol. The highest BCUT2D eigenvalue weighted by Crippen LogP contribution is 2.40. The van der Waals surface area contributed by atoms with Gasteiger partial charge in [0.2, 0.25) is 5.75 Å². The average molecular weight is 313 g/mol. The summed E-state index contributed by atoms with van der Waals surface area (Å²) in [6, 6.07) is 4.55. The maximum Gasteiger partial charge on any atom is 0.312 e. The predicted molar refractivity (Wildman–Crippen MR) is 77.9 cm³/mol. The summed E-state index contributed by atoms with van der Waals surface area (Å²) in [6.45, 7) is 2.31. The van der Waals surface area contributed by atoms with Crippen LogP contribution in [-0.2, 0) is 4.74 Å². The fraction of sp³-hybridized carbons (Fsp3) is 0.571. The second kappa shape index (κ2) is 5.79. The third-order valence-corrected chi connectivity index (χ3v) is 4.41. The molecule has 0 bridgehead atoms. The summed E-state index contributed by atoms with van der Waals surface area (Å²) >= 11 is 6.05. The molecule has 0 saturated carbocycles. The molecule has 2 aliphatic rings. The van der Waals surface area contributed by atoms with Gasteiger partial charge in [0, 0.05) is 12.5 Å². The van der Waals surface area contributed by atoms with Crippen molar-refractivity contribution in [1.29, 1.82) is 0 Å². The second-order valence-corrected chi connectivity index (χ2v) is 5.94. The van der Waals surface area contributed by atoms with E-state index >= 15 is 0 Å². The van der Waals surface area contributed by atoms with Crippen molar-refractivity contribution in [3.63, 3.8) is 0 Å². The summed E-state index contributed by atoms with van der Waals surface area (Å²) in [7, 11) is 0. The van der Waals surface area contributed by atoms with Crippen LogP contribution in [-0.4, -0.2) is 36.3 Å². The first-order valence-corrected chi connectivity index (χ1v) is 7.42. The van der Waals surface area contributed by atoms with E-state index < -0.39 is 4.92 Å². The summed E-state index contributed by atoms with van der Waals surface area (Å²) in [5, 5.41) is 14.6. The van der Waals surface area contributed by atoms with Crippen LogP contribution in [0.15, 0.2) is 18.2 Å². The fourth-order valence-corrected chi connectivity index (χ4v) is 3.25. The van der Waals surface area contributed by atoms with E-state index in [1.54, 1.807) is 12.1 Å². The van der Waals surface area contributed by atoms with Gasteiger partial charge in [0.25, 0.3) is 0 Å². The van der Waals surface area contributed by atoms with Gasteiger partial charge >= 0.3 is 5.69 Å². The Bertz CT molecular complexity index is 546. The van der Waals surface area contributed by atoms with Gasteiger partial charge in [-0.05, 0) is 32.0 Å². The van der Waals surface area contributed by atoms with E-state index in [1.165, 1.54) is 6.07 Å². The van der Waals surface area contributed by atoms with Gasteiger partial charge in [0.05, 0.1) is 22.2 Å². The number of nitrogens with zero attached hydrogens (tertiary/aromatic N) is 1. The topological polar surface area (TPSA) is 73.6 Å². The number of nitrogens with one attached hydrogen (secondary N) is 1. The van der Waals surface area contributed by atoms with Gasteiger partial charge in [0.15, 0.2) is 0 Å². The molecule has 1 spiro atoms. The fourth-order valence-electron chi connectivity index (χ4n) is 3.03. The van der Waals surface area contributed by atoms with Crippen molar-refractivity contribution in [1.82, 2.24) is 5.32 Å². The number of rotatable bonds is 3. The quantitative estimate of drug-likeness (QED) is 0.686. The highest BCUT2D eigenvalue weighted by atomic mass is 35.5. The largest absolute Gasteiger partial charge is 0.480 e. The van der Waals surface area contributed by atoms with Crippen molar-refractivity contribution in [2.45, 2.75) is 31.0 Å². The Kier molecular flexibility index (Phi) is 4.01. The Hall–Kier alpha value is -1.37. The van der Waals surface area contributed by atoms with Crippen LogP contribution in [0.5, 0.6) is 5.75 Å². The van der Waals surface area contributed by atoms with Gasteiger partial charge in [-0.3, -0.25) is 10.1 Å². The first kappa shape index (κ1) is 14.6. The number of nitro benzene ring substituents is 1. The van der Waals surface area contributed by atoms with Gasteiger partial charge < -0.3 is 14.8 Å². The van der Waals surface area contributed by atoms with E-state index in [-0.39, 0.29) is 28.2 Å². The van der Waals surface area contributed by atoms with Crippen LogP contribution in [0.4, 0.5) is 5.69 Å². The molecule has 114 valence electrons. The molecule has 1 atom stereocenters. The lowest BCUT2D eigenvalue weighted by molar-refractivity contribution is -0.386. The van der Waals surface area contributed by atoms with E-state index in [0.717, 1.165) is 32.4 Å². The van der Waals surface area contributed by atoms with Crippen LogP contribution >= 0.6 is 11.6 Å². The van der Waals surface area contributed by atoms with Crippen LogP contribution in [0.3, 0.4) is 0 Å². The van der Waals surface area contributed by atoms with Gasteiger partial charge in [0.1, 0.15) is 6.10 Å². The molecule has 6 nitrogen and oxygen atoms in total. The Morgan fingerprint density at radius 1 is 1.43 bits per heavy atom. The lowest BCUT2D eigenvalue weighted by Crippen LogP contribution is -2.41. The molecule has 21 heavy (non-hydrogen) atoms. The van der Waals surface area contributed by atoms with Crippen LogP contribution in [0, 0.1) is 10.1 Å². The van der Waals surface area contributed by atoms with Crippen LogP contribution < -0.4 is 10.1 Å². The first-order valence-electron chi connectivity index (χ1n) is 7.04. The molecule has 1 aromatic carbocycles. The third kappa shape index (κ3) is 2.97. The van der Waals surface area contributed by atoms with E-state index in [1.807, 2.05) is 0 Å². The zero-order valence-electron chi connectivity index (χ0n) is 11.5. The summed E-state index contributed by atoms with van der Waals surface area (Å²) in [5.74, 6) is 0.142. The van der Waals surface area contributed by atoms with Crippen molar-refractivity contribution in [3.8, 4) is 5.75 Å². The molecule has 2 fully saturated rings. The van der Waals surface area contributed by atoms with Gasteiger partial charge in [-0.2, -0.15) is 0 Å². The van der Waals surface area contributed by atoms with Crippen molar-refractivity contribution >= 4 is 17.3 Å². The van der Waals surface area contributed by atoms with E-state index in [0.29, 0.717) is 6.61 Å². The van der Waals surface area contributed by atoms with E-state index in [9.17, 15) is 10.1 Å². The van der Waals surface area contributed by atoms with Gasteiger partial charge in [-0.25, -0.2) is 0 Å². The molecule has 0 aliphatic carbocycles. The molecule has 2 aliphatic heterocycles. The van der Waals surface area contributed by atoms with Crippen molar-refractivity contribution in [2.24, 2.45) is 0 Å². The number of benzene rings is 1. The molecule has 0 amide bonds. The van der Waals surface area contributed by atoms with Gasteiger partial charge in [-0.15, -0.1) is 0 Å². The Balaban J connectivity index is 1.75. The molecule has 2 saturated heterocycles. The lowest BCUT2D eigenvalue weighted by atomic mass is 9.89. The minimum Gasteiger partial charge on any atom is -0.480 e. The Morgan fingerprint density at radius 2 is 2.19 bits per heavy atom. The normalized spacial score (nSPS) is 24.1. The Morgan fingerprint density at radius 3 is 2.90 bits per heavy atom. The molecule has 2 heterocycles. The number of ether oxygens (including phenoxy) is 2. The number of hydrogen-bond donors (Lipinski definition) is 1. The maximum absolute atomic E-state index is 11.1. The van der Waals surface area contributed by atoms with Crippen molar-refractivity contribution < 1.29 is 14.4 Å². The molecule has 1 N–H and O–H groups in total. The molecule has 1 aromatic rings. The standard InChI is InChI=1S/C14H17ClN2O4/c15-11-2-1-3-12(17(18)19)13(11)21-10-8-14(20-9-10)4-6-16-7-5-14/h1-3,10,16H,4-9H2. The minimum absolute atomic E-state index is 0.103. The number of piperidine rings is 1. The first-order chi connectivity index (χ1) is 10.1. The number of para-hydroxylation sites is 1.